The van der Waals surface area contributed by atoms with Crippen molar-refractivity contribution in [3.63, 3.8) is 0 Å². The quantitative estimate of drug-likeness (QED) is 0.384. The van der Waals surface area contributed by atoms with Crippen LogP contribution in [0.2, 0.25) is 0 Å². The first-order valence-corrected chi connectivity index (χ1v) is 18.8. The van der Waals surface area contributed by atoms with Crippen LogP contribution in [0.15, 0.2) is 48.5 Å². The zero-order valence-corrected chi connectivity index (χ0v) is 22.1. The third-order valence-corrected chi connectivity index (χ3v) is 15.8. The van der Waals surface area contributed by atoms with E-state index in [0.29, 0.717) is 0 Å². The summed E-state index contributed by atoms with van der Waals surface area (Å²) in [6.07, 6.45) is 1.02. The van der Waals surface area contributed by atoms with Crippen molar-refractivity contribution in [3.8, 4) is 0 Å². The maximum atomic E-state index is 11.5. The number of rotatable bonds is 2. The Morgan fingerprint density at radius 2 is 1.10 bits per heavy atom. The van der Waals surface area contributed by atoms with Gasteiger partial charge in [-0.2, -0.15) is 0 Å². The molecule has 1 radical (unpaired) electrons. The van der Waals surface area contributed by atoms with Crippen LogP contribution < -0.4 is 7.02 Å². The van der Waals surface area contributed by atoms with E-state index in [1.807, 2.05) is 53.7 Å². The van der Waals surface area contributed by atoms with Gasteiger partial charge in [0, 0.05) is 10.8 Å². The van der Waals surface area contributed by atoms with Crippen LogP contribution in [-0.4, -0.2) is 28.1 Å². The number of ketones is 2. The van der Waals surface area contributed by atoms with Crippen LogP contribution in [0.1, 0.15) is 59.1 Å². The molecular formula is C24H30Cl2O2Sb. The second-order valence-electron chi connectivity index (χ2n) is 9.47. The number of hydrogen-bond donors (Lipinski definition) is 0. The number of carbonyl (C=O) groups is 2. The van der Waals surface area contributed by atoms with Crippen LogP contribution in [0.5, 0.6) is 0 Å². The molecule has 0 spiro atoms. The van der Waals surface area contributed by atoms with E-state index in [-0.39, 0.29) is 18.0 Å². The van der Waals surface area contributed by atoms with Crippen molar-refractivity contribution >= 4 is 52.8 Å². The Morgan fingerprint density at radius 1 is 0.759 bits per heavy atom. The third kappa shape index (κ3) is 6.09. The Balaban J connectivity index is 0.000000213. The molecule has 2 aromatic carbocycles. The predicted molar refractivity (Wildman–Crippen MR) is 126 cm³/mol. The van der Waals surface area contributed by atoms with E-state index >= 15 is 0 Å². The van der Waals surface area contributed by atoms with Gasteiger partial charge in [-0.25, -0.2) is 0 Å². The van der Waals surface area contributed by atoms with Gasteiger partial charge in [0.1, 0.15) is 11.6 Å². The van der Waals surface area contributed by atoms with E-state index in [1.165, 1.54) is 18.1 Å². The summed E-state index contributed by atoms with van der Waals surface area (Å²) in [6, 6.07) is 16.6. The van der Waals surface area contributed by atoms with Crippen LogP contribution in [0.25, 0.3) is 0 Å². The zero-order valence-electron chi connectivity index (χ0n) is 18.1. The van der Waals surface area contributed by atoms with E-state index < -0.39 is 27.3 Å². The van der Waals surface area contributed by atoms with E-state index in [4.69, 9.17) is 17.7 Å². The number of fused-ring (bicyclic) bond motifs is 2. The molecule has 1 aliphatic heterocycles. The molecule has 0 aromatic heterocycles. The number of halogens is 2. The minimum absolute atomic E-state index is 0.0208. The summed E-state index contributed by atoms with van der Waals surface area (Å²) in [5.41, 5.74) is 1.80. The number of benzene rings is 2. The standard InChI is InChI=1S/C13H10.C11H20O2.2ClH.Sb/c1-3-7-12(8-4-1)11-13-9-5-2-6-10-13;1-10(2,3)8(12)7-9(13)11(4,5)6;;;/h1-7,9H,11H2;7H2,1-6H3;2*1H;/q;;;;+2/p-2. The van der Waals surface area contributed by atoms with Crippen molar-refractivity contribution in [3.05, 3.63) is 59.7 Å². The minimum atomic E-state index is -3.18. The van der Waals surface area contributed by atoms with Crippen LogP contribution >= 0.6 is 17.7 Å². The van der Waals surface area contributed by atoms with E-state index in [9.17, 15) is 9.59 Å². The monoisotopic (exact) mass is 541 g/mol. The summed E-state index contributed by atoms with van der Waals surface area (Å²) < 4.78 is 2.42. The molecule has 5 heteroatoms. The topological polar surface area (TPSA) is 34.1 Å². The van der Waals surface area contributed by atoms with E-state index in [1.54, 1.807) is 0 Å². The van der Waals surface area contributed by atoms with Crippen molar-refractivity contribution < 1.29 is 9.59 Å². The van der Waals surface area contributed by atoms with Gasteiger partial charge in [0.2, 0.25) is 0 Å². The molecule has 3 rings (SSSR count). The SMILES string of the molecule is CC(C)(C)C(=O)CC(=O)C(C)(C)C.[Cl][Sb]1([Cl])[c]2ccccc2Cc2cccc[c]21. The van der Waals surface area contributed by atoms with Gasteiger partial charge in [-0.15, -0.1) is 0 Å². The van der Waals surface area contributed by atoms with Crippen LogP contribution in [0.3, 0.4) is 0 Å². The predicted octanol–water partition coefficient (Wildman–Crippen LogP) is 5.23. The fourth-order valence-corrected chi connectivity index (χ4v) is 12.5. The number of Topliss-reactive ketones (excluding diaryl/α,β-unsaturated/α-hetero) is 2. The number of hydrogen-bond acceptors (Lipinski definition) is 2. The molecule has 2 aromatic rings. The second-order valence-corrected chi connectivity index (χ2v) is 23.1. The Kier molecular flexibility index (Phi) is 7.69. The molecule has 1 aliphatic rings. The van der Waals surface area contributed by atoms with Gasteiger partial charge in [-0.05, 0) is 0 Å². The van der Waals surface area contributed by atoms with Crippen molar-refractivity contribution in [1.29, 1.82) is 0 Å². The molecule has 0 atom stereocenters. The molecule has 157 valence electrons. The first kappa shape index (κ1) is 24.4. The van der Waals surface area contributed by atoms with Gasteiger partial charge in [0.05, 0.1) is 6.42 Å². The summed E-state index contributed by atoms with van der Waals surface area (Å²) in [5, 5.41) is 0. The first-order chi connectivity index (χ1) is 13.2. The van der Waals surface area contributed by atoms with Crippen LogP contribution in [-0.2, 0) is 16.0 Å². The maximum absolute atomic E-state index is 11.5. The molecule has 2 nitrogen and oxygen atoms in total. The zero-order chi connectivity index (χ0) is 22.0. The van der Waals surface area contributed by atoms with Gasteiger partial charge in [-0.1, -0.05) is 41.5 Å². The van der Waals surface area contributed by atoms with Crippen LogP contribution in [0.4, 0.5) is 0 Å². The van der Waals surface area contributed by atoms with E-state index in [0.717, 1.165) is 6.42 Å². The van der Waals surface area contributed by atoms with Crippen molar-refractivity contribution in [2.24, 2.45) is 10.8 Å². The summed E-state index contributed by atoms with van der Waals surface area (Å²) >= 11 is -3.18. The van der Waals surface area contributed by atoms with Gasteiger partial charge >= 0.3 is 107 Å². The molecule has 29 heavy (non-hydrogen) atoms. The molecule has 1 heterocycles. The normalized spacial score (nSPS) is 14.8. The summed E-state index contributed by atoms with van der Waals surface area (Å²) in [6.45, 7) is 11.0. The second kappa shape index (κ2) is 9.13. The fourth-order valence-electron chi connectivity index (χ4n) is 2.88. The molecular weight excluding hydrogens is 513 g/mol. The number of carbonyl (C=O) groups excluding carboxylic acids is 2. The van der Waals surface area contributed by atoms with Crippen molar-refractivity contribution in [2.75, 3.05) is 0 Å². The molecule has 0 saturated carbocycles. The molecule has 0 aliphatic carbocycles. The molecule has 0 amide bonds. The summed E-state index contributed by atoms with van der Waals surface area (Å²) in [5.74, 6) is 0.0415. The molecule has 0 saturated heterocycles. The van der Waals surface area contributed by atoms with Gasteiger partial charge in [0.25, 0.3) is 0 Å². The van der Waals surface area contributed by atoms with Crippen LogP contribution in [0, 0.1) is 10.8 Å². The first-order valence-electron chi connectivity index (χ1n) is 9.76. The van der Waals surface area contributed by atoms with Crippen molar-refractivity contribution in [1.82, 2.24) is 0 Å². The average Bonchev–Trinajstić information content (AvgIpc) is 2.61. The Morgan fingerprint density at radius 3 is 1.45 bits per heavy atom. The Hall–Kier alpha value is -0.822. The fraction of sp³-hybridized carbons (Fsp3) is 0.417. The Bertz CT molecular complexity index is 834. The third-order valence-electron chi connectivity index (χ3n) is 4.96. The molecule has 0 fully saturated rings. The molecule has 0 unspecified atom stereocenters. The Labute approximate surface area is 186 Å². The summed E-state index contributed by atoms with van der Waals surface area (Å²) in [4.78, 5) is 23.0. The van der Waals surface area contributed by atoms with Gasteiger partial charge in [-0.3, -0.25) is 9.59 Å². The molecule has 0 N–H and O–H groups in total. The average molecular weight is 543 g/mol. The van der Waals surface area contributed by atoms with Gasteiger partial charge in [0.15, 0.2) is 0 Å². The van der Waals surface area contributed by atoms with Crippen molar-refractivity contribution in [2.45, 2.75) is 54.4 Å². The van der Waals surface area contributed by atoms with E-state index in [2.05, 4.69) is 36.4 Å². The molecule has 0 bridgehead atoms. The van der Waals surface area contributed by atoms with Gasteiger partial charge < -0.3 is 0 Å². The summed E-state index contributed by atoms with van der Waals surface area (Å²) in [7, 11) is 13.4.